The van der Waals surface area contributed by atoms with Crippen LogP contribution in [0.3, 0.4) is 0 Å². The molecule has 0 N–H and O–H groups in total. The van der Waals surface area contributed by atoms with Gasteiger partial charge in [0.15, 0.2) is 0 Å². The van der Waals surface area contributed by atoms with E-state index in [2.05, 4.69) is 0 Å². The van der Waals surface area contributed by atoms with Crippen molar-refractivity contribution in [2.75, 3.05) is 26.8 Å². The molecule has 0 unspecified atom stereocenters. The molecule has 0 amide bonds. The van der Waals surface area contributed by atoms with Crippen LogP contribution in [0.25, 0.3) is 6.08 Å². The lowest BCUT2D eigenvalue weighted by atomic mass is 10.1. The van der Waals surface area contributed by atoms with Gasteiger partial charge in [-0.25, -0.2) is 0 Å². The first-order valence-electron chi connectivity index (χ1n) is 6.57. The Labute approximate surface area is 117 Å². The lowest BCUT2D eigenvalue weighted by molar-refractivity contribution is -0.111. The molecular formula is C15H20F3NO. The van der Waals surface area contributed by atoms with Gasteiger partial charge in [0.2, 0.25) is 0 Å². The van der Waals surface area contributed by atoms with Crippen LogP contribution in [0.5, 0.6) is 0 Å². The Kier molecular flexibility index (Phi) is 6.58. The molecule has 0 saturated heterocycles. The predicted molar refractivity (Wildman–Crippen MR) is 74.2 cm³/mol. The van der Waals surface area contributed by atoms with Crippen LogP contribution in [0.15, 0.2) is 36.0 Å². The zero-order valence-electron chi connectivity index (χ0n) is 11.8. The number of halogens is 3. The molecule has 5 heteroatoms. The van der Waals surface area contributed by atoms with Crippen LogP contribution < -0.4 is 0 Å². The summed E-state index contributed by atoms with van der Waals surface area (Å²) in [4.78, 5) is 1.33. The molecule has 0 saturated carbocycles. The molecule has 0 bridgehead atoms. The van der Waals surface area contributed by atoms with Crippen LogP contribution in [0.2, 0.25) is 0 Å². The maximum absolute atomic E-state index is 13.3. The Balaban J connectivity index is 3.06. The molecule has 0 aliphatic heterocycles. The fraction of sp³-hybridized carbons (Fsp3) is 0.467. The van der Waals surface area contributed by atoms with Crippen molar-refractivity contribution in [3.63, 3.8) is 0 Å². The van der Waals surface area contributed by atoms with E-state index in [1.54, 1.807) is 30.3 Å². The number of nitrogens with zero attached hydrogens (tertiary/aromatic N) is 1. The number of benzene rings is 1. The fourth-order valence-electron chi connectivity index (χ4n) is 1.88. The van der Waals surface area contributed by atoms with Gasteiger partial charge in [-0.15, -0.1) is 0 Å². The van der Waals surface area contributed by atoms with Gasteiger partial charge in [0, 0.05) is 20.2 Å². The van der Waals surface area contributed by atoms with E-state index in [1.807, 2.05) is 6.92 Å². The number of hydrogen-bond acceptors (Lipinski definition) is 2. The van der Waals surface area contributed by atoms with Crippen molar-refractivity contribution in [3.05, 3.63) is 41.6 Å². The zero-order valence-corrected chi connectivity index (χ0v) is 11.8. The quantitative estimate of drug-likeness (QED) is 0.753. The first-order chi connectivity index (χ1) is 9.49. The molecule has 1 rings (SSSR count). The number of rotatable bonds is 7. The van der Waals surface area contributed by atoms with Gasteiger partial charge in [-0.3, -0.25) is 0 Å². The number of alkyl halides is 3. The maximum Gasteiger partial charge on any atom is 0.431 e. The molecule has 1 aromatic carbocycles. The van der Waals surface area contributed by atoms with Crippen molar-refractivity contribution < 1.29 is 17.9 Å². The highest BCUT2D eigenvalue weighted by molar-refractivity contribution is 5.53. The molecular weight excluding hydrogens is 267 g/mol. The molecule has 20 heavy (non-hydrogen) atoms. The standard InChI is InChI=1S/C15H20F3NO/c1-3-9-19(10-11-20-2)14(15(16,17)18)12-13-7-5-4-6-8-13/h4-8,12H,3,9-11H2,1-2H3/b14-12+. The van der Waals surface area contributed by atoms with Crippen molar-refractivity contribution in [2.45, 2.75) is 19.5 Å². The van der Waals surface area contributed by atoms with E-state index in [0.717, 1.165) is 0 Å². The van der Waals surface area contributed by atoms with E-state index in [-0.39, 0.29) is 13.2 Å². The Hall–Kier alpha value is -1.49. The highest BCUT2D eigenvalue weighted by Gasteiger charge is 2.37. The van der Waals surface area contributed by atoms with Crippen LogP contribution in [-0.2, 0) is 4.74 Å². The largest absolute Gasteiger partial charge is 0.431 e. The normalized spacial score (nSPS) is 12.6. The molecule has 1 aromatic rings. The Bertz CT molecular complexity index is 415. The fourth-order valence-corrected chi connectivity index (χ4v) is 1.88. The second-order valence-corrected chi connectivity index (χ2v) is 4.42. The molecule has 0 spiro atoms. The third kappa shape index (κ3) is 5.25. The van der Waals surface area contributed by atoms with Gasteiger partial charge in [-0.1, -0.05) is 37.3 Å². The third-order valence-electron chi connectivity index (χ3n) is 2.79. The van der Waals surface area contributed by atoms with E-state index in [9.17, 15) is 13.2 Å². The summed E-state index contributed by atoms with van der Waals surface area (Å²) in [7, 11) is 1.48. The van der Waals surface area contributed by atoms with Crippen LogP contribution in [0.4, 0.5) is 13.2 Å². The molecule has 2 nitrogen and oxygen atoms in total. The smallest absolute Gasteiger partial charge is 0.383 e. The summed E-state index contributed by atoms with van der Waals surface area (Å²) in [6.45, 7) is 2.70. The van der Waals surface area contributed by atoms with Gasteiger partial charge in [0.25, 0.3) is 0 Å². The molecule has 112 valence electrons. The molecule has 0 aromatic heterocycles. The minimum absolute atomic E-state index is 0.225. The summed E-state index contributed by atoms with van der Waals surface area (Å²) < 4.78 is 44.7. The first kappa shape index (κ1) is 16.6. The lowest BCUT2D eigenvalue weighted by Crippen LogP contribution is -2.34. The Morgan fingerprint density at radius 3 is 2.35 bits per heavy atom. The van der Waals surface area contributed by atoms with E-state index in [1.165, 1.54) is 18.1 Å². The second-order valence-electron chi connectivity index (χ2n) is 4.42. The van der Waals surface area contributed by atoms with Crippen molar-refractivity contribution in [1.82, 2.24) is 4.90 Å². The predicted octanol–water partition coefficient (Wildman–Crippen LogP) is 3.95. The summed E-state index contributed by atoms with van der Waals surface area (Å²) >= 11 is 0. The molecule has 0 atom stereocenters. The maximum atomic E-state index is 13.3. The summed E-state index contributed by atoms with van der Waals surface area (Å²) in [5.74, 6) is 0. The lowest BCUT2D eigenvalue weighted by Gasteiger charge is -2.28. The second kappa shape index (κ2) is 7.94. The van der Waals surface area contributed by atoms with E-state index < -0.39 is 11.9 Å². The van der Waals surface area contributed by atoms with Gasteiger partial charge in [0.05, 0.1) is 6.61 Å². The van der Waals surface area contributed by atoms with Crippen LogP contribution in [0, 0.1) is 0 Å². The number of hydrogen-bond donors (Lipinski definition) is 0. The minimum Gasteiger partial charge on any atom is -0.383 e. The van der Waals surface area contributed by atoms with Crippen molar-refractivity contribution >= 4 is 6.08 Å². The SMILES string of the molecule is CCCN(CCOC)/C(=C/c1ccccc1)C(F)(F)F. The topological polar surface area (TPSA) is 12.5 Å². The van der Waals surface area contributed by atoms with E-state index in [0.29, 0.717) is 18.5 Å². The minimum atomic E-state index is -4.38. The van der Waals surface area contributed by atoms with Crippen LogP contribution in [0.1, 0.15) is 18.9 Å². The summed E-state index contributed by atoms with van der Waals surface area (Å²) in [6.07, 6.45) is -2.55. The Morgan fingerprint density at radius 2 is 1.85 bits per heavy atom. The van der Waals surface area contributed by atoms with Crippen molar-refractivity contribution in [2.24, 2.45) is 0 Å². The molecule has 0 aliphatic carbocycles. The van der Waals surface area contributed by atoms with Gasteiger partial charge < -0.3 is 9.64 Å². The van der Waals surface area contributed by atoms with Gasteiger partial charge in [0.1, 0.15) is 5.70 Å². The van der Waals surface area contributed by atoms with Crippen molar-refractivity contribution in [1.29, 1.82) is 0 Å². The molecule has 0 heterocycles. The van der Waals surface area contributed by atoms with E-state index >= 15 is 0 Å². The van der Waals surface area contributed by atoms with Gasteiger partial charge in [-0.05, 0) is 18.1 Å². The molecule has 0 fully saturated rings. The number of methoxy groups -OCH3 is 1. The molecule has 0 radical (unpaired) electrons. The summed E-state index contributed by atoms with van der Waals surface area (Å²) in [6, 6.07) is 8.54. The number of allylic oxidation sites excluding steroid dienone is 1. The van der Waals surface area contributed by atoms with Crippen LogP contribution in [-0.4, -0.2) is 37.9 Å². The average molecular weight is 287 g/mol. The first-order valence-corrected chi connectivity index (χ1v) is 6.57. The number of ether oxygens (including phenoxy) is 1. The van der Waals surface area contributed by atoms with E-state index in [4.69, 9.17) is 4.74 Å². The average Bonchev–Trinajstić information content (AvgIpc) is 2.41. The van der Waals surface area contributed by atoms with Gasteiger partial charge >= 0.3 is 6.18 Å². The third-order valence-corrected chi connectivity index (χ3v) is 2.79. The highest BCUT2D eigenvalue weighted by atomic mass is 19.4. The van der Waals surface area contributed by atoms with Crippen molar-refractivity contribution in [3.8, 4) is 0 Å². The summed E-state index contributed by atoms with van der Waals surface area (Å²) in [5, 5.41) is 0. The Morgan fingerprint density at radius 1 is 1.20 bits per heavy atom. The molecule has 0 aliphatic rings. The van der Waals surface area contributed by atoms with Gasteiger partial charge in [-0.2, -0.15) is 13.2 Å². The zero-order chi connectivity index (χ0) is 15.0. The highest BCUT2D eigenvalue weighted by Crippen LogP contribution is 2.30. The summed E-state index contributed by atoms with van der Waals surface area (Å²) in [5.41, 5.74) is -0.0825. The monoisotopic (exact) mass is 287 g/mol. The van der Waals surface area contributed by atoms with Crippen LogP contribution >= 0.6 is 0 Å².